The van der Waals surface area contributed by atoms with Crippen molar-refractivity contribution in [1.82, 2.24) is 15.3 Å². The van der Waals surface area contributed by atoms with E-state index in [4.69, 9.17) is 0 Å². The van der Waals surface area contributed by atoms with Crippen molar-refractivity contribution in [2.45, 2.75) is 6.54 Å². The third kappa shape index (κ3) is 2.61. The Morgan fingerprint density at radius 3 is 2.95 bits per heavy atom. The number of carbonyl (C=O) groups excluding carboxylic acids is 1. The number of carbonyl (C=O) groups is 1. The Hall–Kier alpha value is -2.82. The van der Waals surface area contributed by atoms with Gasteiger partial charge in [0, 0.05) is 36.0 Å². The van der Waals surface area contributed by atoms with Crippen molar-refractivity contribution in [2.75, 3.05) is 5.32 Å². The van der Waals surface area contributed by atoms with Gasteiger partial charge in [0.05, 0.1) is 5.69 Å². The number of benzene rings is 1. The maximum atomic E-state index is 11.9. The Kier molecular flexibility index (Phi) is 3.33. The number of pyridine rings is 1. The molecule has 3 N–H and O–H groups in total. The van der Waals surface area contributed by atoms with Crippen LogP contribution in [0.5, 0.6) is 0 Å². The van der Waals surface area contributed by atoms with Crippen molar-refractivity contribution in [3.05, 3.63) is 60.6 Å². The molecular formula is C15H14N4O. The summed E-state index contributed by atoms with van der Waals surface area (Å²) in [5, 5.41) is 6.62. The highest BCUT2D eigenvalue weighted by molar-refractivity contribution is 6.00. The van der Waals surface area contributed by atoms with Crippen LogP contribution in [0.15, 0.2) is 55.0 Å². The number of aromatic amines is 1. The zero-order valence-electron chi connectivity index (χ0n) is 10.8. The van der Waals surface area contributed by atoms with Gasteiger partial charge in [0.15, 0.2) is 0 Å². The topological polar surface area (TPSA) is 69.8 Å². The first kappa shape index (κ1) is 12.2. The monoisotopic (exact) mass is 266 g/mol. The number of rotatable bonds is 3. The second kappa shape index (κ2) is 5.44. The highest BCUT2D eigenvalue weighted by Crippen LogP contribution is 2.22. The van der Waals surface area contributed by atoms with Crippen molar-refractivity contribution in [1.29, 1.82) is 0 Å². The summed E-state index contributed by atoms with van der Waals surface area (Å²) < 4.78 is 0. The number of amides is 2. The number of hydrogen-bond acceptors (Lipinski definition) is 2. The minimum atomic E-state index is -0.237. The van der Waals surface area contributed by atoms with Gasteiger partial charge in [-0.3, -0.25) is 4.98 Å². The minimum Gasteiger partial charge on any atom is -0.359 e. The molecule has 0 aliphatic carbocycles. The first-order valence-corrected chi connectivity index (χ1v) is 6.33. The van der Waals surface area contributed by atoms with Crippen molar-refractivity contribution >= 4 is 22.6 Å². The van der Waals surface area contributed by atoms with E-state index in [1.165, 1.54) is 0 Å². The molecule has 5 heteroatoms. The van der Waals surface area contributed by atoms with Crippen LogP contribution < -0.4 is 10.6 Å². The maximum absolute atomic E-state index is 11.9. The Bertz CT molecular complexity index is 721. The molecule has 3 rings (SSSR count). The summed E-state index contributed by atoms with van der Waals surface area (Å²) in [7, 11) is 0. The Balaban J connectivity index is 1.64. The molecule has 0 bridgehead atoms. The zero-order chi connectivity index (χ0) is 13.8. The molecule has 100 valence electrons. The number of para-hydroxylation sites is 1. The molecule has 0 aliphatic heterocycles. The number of urea groups is 1. The molecule has 2 heterocycles. The van der Waals surface area contributed by atoms with Gasteiger partial charge in [-0.15, -0.1) is 0 Å². The summed E-state index contributed by atoms with van der Waals surface area (Å²) in [5.74, 6) is 0. The molecule has 0 saturated carbocycles. The van der Waals surface area contributed by atoms with E-state index in [1.54, 1.807) is 18.6 Å². The van der Waals surface area contributed by atoms with Gasteiger partial charge < -0.3 is 15.6 Å². The molecule has 2 aromatic heterocycles. The fourth-order valence-corrected chi connectivity index (χ4v) is 2.03. The molecule has 5 nitrogen and oxygen atoms in total. The standard InChI is InChI=1S/C15H14N4O/c20-15(18-9-11-4-3-7-16-8-11)19-14-10-17-13-6-2-1-5-12(13)14/h1-8,10,17H,9H2,(H2,18,19,20). The van der Waals surface area contributed by atoms with Gasteiger partial charge in [-0.1, -0.05) is 24.3 Å². The molecule has 1 aromatic carbocycles. The largest absolute Gasteiger partial charge is 0.359 e. The number of aromatic nitrogens is 2. The number of nitrogens with one attached hydrogen (secondary N) is 3. The smallest absolute Gasteiger partial charge is 0.319 e. The van der Waals surface area contributed by atoms with Crippen LogP contribution in [0.25, 0.3) is 10.9 Å². The molecule has 0 spiro atoms. The molecule has 2 amide bonds. The van der Waals surface area contributed by atoms with Gasteiger partial charge in [0.25, 0.3) is 0 Å². The highest BCUT2D eigenvalue weighted by Gasteiger charge is 2.06. The van der Waals surface area contributed by atoms with Gasteiger partial charge in [-0.2, -0.15) is 0 Å². The van der Waals surface area contributed by atoms with E-state index in [2.05, 4.69) is 20.6 Å². The van der Waals surface area contributed by atoms with E-state index in [1.807, 2.05) is 36.4 Å². The van der Waals surface area contributed by atoms with Crippen molar-refractivity contribution < 1.29 is 4.79 Å². The average molecular weight is 266 g/mol. The van der Waals surface area contributed by atoms with Crippen LogP contribution >= 0.6 is 0 Å². The molecule has 0 fully saturated rings. The number of H-pyrrole nitrogens is 1. The Morgan fingerprint density at radius 2 is 2.10 bits per heavy atom. The molecular weight excluding hydrogens is 252 g/mol. The quantitative estimate of drug-likeness (QED) is 0.682. The lowest BCUT2D eigenvalue weighted by molar-refractivity contribution is 0.252. The Labute approximate surface area is 116 Å². The normalized spacial score (nSPS) is 10.4. The lowest BCUT2D eigenvalue weighted by Crippen LogP contribution is -2.28. The van der Waals surface area contributed by atoms with Gasteiger partial charge in [0.2, 0.25) is 0 Å². The first-order valence-electron chi connectivity index (χ1n) is 6.33. The summed E-state index contributed by atoms with van der Waals surface area (Å²) in [6.45, 7) is 0.446. The van der Waals surface area contributed by atoms with Gasteiger partial charge in [0.1, 0.15) is 0 Å². The molecule has 0 aliphatic rings. The van der Waals surface area contributed by atoms with Crippen molar-refractivity contribution in [3.8, 4) is 0 Å². The molecule has 0 saturated heterocycles. The van der Waals surface area contributed by atoms with Crippen LogP contribution in [-0.4, -0.2) is 16.0 Å². The molecule has 3 aromatic rings. The predicted molar refractivity (Wildman–Crippen MR) is 78.4 cm³/mol. The first-order chi connectivity index (χ1) is 9.83. The molecule has 20 heavy (non-hydrogen) atoms. The third-order valence-corrected chi connectivity index (χ3v) is 3.01. The van der Waals surface area contributed by atoms with E-state index in [0.717, 1.165) is 22.2 Å². The van der Waals surface area contributed by atoms with E-state index >= 15 is 0 Å². The average Bonchev–Trinajstić information content (AvgIpc) is 2.90. The summed E-state index contributed by atoms with van der Waals surface area (Å²) in [4.78, 5) is 19.0. The summed E-state index contributed by atoms with van der Waals surface area (Å²) in [5.41, 5.74) is 2.72. The van der Waals surface area contributed by atoms with Crippen LogP contribution in [0, 0.1) is 0 Å². The summed E-state index contributed by atoms with van der Waals surface area (Å²) in [6.07, 6.45) is 5.22. The lowest BCUT2D eigenvalue weighted by Gasteiger charge is -2.06. The zero-order valence-corrected chi connectivity index (χ0v) is 10.8. The minimum absolute atomic E-state index is 0.237. The second-order valence-electron chi connectivity index (χ2n) is 4.42. The van der Waals surface area contributed by atoms with E-state index < -0.39 is 0 Å². The SMILES string of the molecule is O=C(NCc1cccnc1)Nc1c[nH]c2ccccc12. The lowest BCUT2D eigenvalue weighted by atomic mass is 10.2. The van der Waals surface area contributed by atoms with Crippen molar-refractivity contribution in [3.63, 3.8) is 0 Å². The second-order valence-corrected chi connectivity index (χ2v) is 4.42. The fourth-order valence-electron chi connectivity index (χ4n) is 2.03. The van der Waals surface area contributed by atoms with Crippen LogP contribution in [0.2, 0.25) is 0 Å². The maximum Gasteiger partial charge on any atom is 0.319 e. The predicted octanol–water partition coefficient (Wildman–Crippen LogP) is 2.88. The van der Waals surface area contributed by atoms with Crippen molar-refractivity contribution in [2.24, 2.45) is 0 Å². The molecule has 0 radical (unpaired) electrons. The van der Waals surface area contributed by atoms with E-state index in [0.29, 0.717) is 6.54 Å². The van der Waals surface area contributed by atoms with E-state index in [9.17, 15) is 4.79 Å². The number of fused-ring (bicyclic) bond motifs is 1. The third-order valence-electron chi connectivity index (χ3n) is 3.01. The number of hydrogen-bond donors (Lipinski definition) is 3. The summed E-state index contributed by atoms with van der Waals surface area (Å²) >= 11 is 0. The van der Waals surface area contributed by atoms with E-state index in [-0.39, 0.29) is 6.03 Å². The number of anilines is 1. The number of nitrogens with zero attached hydrogens (tertiary/aromatic N) is 1. The highest BCUT2D eigenvalue weighted by atomic mass is 16.2. The van der Waals surface area contributed by atoms with Gasteiger partial charge >= 0.3 is 6.03 Å². The van der Waals surface area contributed by atoms with Crippen LogP contribution in [0.1, 0.15) is 5.56 Å². The van der Waals surface area contributed by atoms with Gasteiger partial charge in [-0.05, 0) is 17.7 Å². The molecule has 0 unspecified atom stereocenters. The van der Waals surface area contributed by atoms with Gasteiger partial charge in [-0.25, -0.2) is 4.79 Å². The van der Waals surface area contributed by atoms with Crippen LogP contribution in [0.4, 0.5) is 10.5 Å². The Morgan fingerprint density at radius 1 is 1.20 bits per heavy atom. The van der Waals surface area contributed by atoms with Crippen LogP contribution in [0.3, 0.4) is 0 Å². The molecule has 0 atom stereocenters. The summed E-state index contributed by atoms with van der Waals surface area (Å²) in [6, 6.07) is 11.3. The van der Waals surface area contributed by atoms with Crippen LogP contribution in [-0.2, 0) is 6.54 Å². The fraction of sp³-hybridized carbons (Fsp3) is 0.0667.